The van der Waals surface area contributed by atoms with E-state index in [1.54, 1.807) is 0 Å². The molecule has 1 unspecified atom stereocenters. The molecule has 1 aliphatic rings. The zero-order chi connectivity index (χ0) is 19.8. The fourth-order valence-corrected chi connectivity index (χ4v) is 3.56. The number of pyridine rings is 1. The van der Waals surface area contributed by atoms with Gasteiger partial charge in [-0.2, -0.15) is 0 Å². The molecule has 1 amide bonds. The Labute approximate surface area is 164 Å². The van der Waals surface area contributed by atoms with Gasteiger partial charge in [-0.15, -0.1) is 0 Å². The van der Waals surface area contributed by atoms with Crippen LogP contribution in [0.25, 0.3) is 22.6 Å². The maximum Gasteiger partial charge on any atom is 0.407 e. The van der Waals surface area contributed by atoms with Crippen LogP contribution in [-0.4, -0.2) is 60.6 Å². The Morgan fingerprint density at radius 2 is 2.32 bits per heavy atom. The van der Waals surface area contributed by atoms with Gasteiger partial charge in [0.2, 0.25) is 0 Å². The van der Waals surface area contributed by atoms with E-state index in [9.17, 15) is 4.79 Å². The first-order chi connectivity index (χ1) is 13.5. The molecule has 12 heteroatoms. The van der Waals surface area contributed by atoms with E-state index in [1.165, 1.54) is 11.1 Å². The number of amides is 1. The van der Waals surface area contributed by atoms with Gasteiger partial charge < -0.3 is 25.0 Å². The lowest BCUT2D eigenvalue weighted by Crippen LogP contribution is -2.27. The van der Waals surface area contributed by atoms with Gasteiger partial charge >= 0.3 is 6.09 Å². The number of nitrogens with two attached hydrogens (primary N) is 1. The molecular formula is C16H18ClN7O4. The number of anilines is 1. The highest BCUT2D eigenvalue weighted by molar-refractivity contribution is 6.34. The summed E-state index contributed by atoms with van der Waals surface area (Å²) >= 11 is 6.25. The van der Waals surface area contributed by atoms with Crippen molar-refractivity contribution >= 4 is 34.5 Å². The maximum absolute atomic E-state index is 11.1. The lowest BCUT2D eigenvalue weighted by molar-refractivity contribution is 0.151. The molecule has 0 radical (unpaired) electrons. The number of aryl methyl sites for hydroxylation is 1. The molecule has 0 aliphatic carbocycles. The predicted molar refractivity (Wildman–Crippen MR) is 99.1 cm³/mol. The topological polar surface area (TPSA) is 145 Å². The SMILES string of the molecule is CCn1c(-c2nonc2N)nc2c(Cl)ncc(OCC3CCN(C(=O)O)C3)c21. The second-order valence-corrected chi connectivity index (χ2v) is 6.84. The molecule has 3 N–H and O–H groups in total. The van der Waals surface area contributed by atoms with Crippen molar-refractivity contribution in [2.75, 3.05) is 25.4 Å². The van der Waals surface area contributed by atoms with E-state index in [0.717, 1.165) is 6.42 Å². The number of aromatic nitrogens is 5. The van der Waals surface area contributed by atoms with Gasteiger partial charge in [-0.3, -0.25) is 0 Å². The number of fused-ring (bicyclic) bond motifs is 1. The van der Waals surface area contributed by atoms with Crippen LogP contribution < -0.4 is 10.5 Å². The van der Waals surface area contributed by atoms with Gasteiger partial charge in [-0.05, 0) is 23.7 Å². The van der Waals surface area contributed by atoms with Gasteiger partial charge in [0.25, 0.3) is 0 Å². The molecule has 0 bridgehead atoms. The van der Waals surface area contributed by atoms with Crippen molar-refractivity contribution in [3.8, 4) is 17.3 Å². The fourth-order valence-electron chi connectivity index (χ4n) is 3.38. The van der Waals surface area contributed by atoms with Crippen LogP contribution in [0.5, 0.6) is 5.75 Å². The van der Waals surface area contributed by atoms with E-state index >= 15 is 0 Å². The van der Waals surface area contributed by atoms with Crippen molar-refractivity contribution in [1.29, 1.82) is 0 Å². The second kappa shape index (κ2) is 7.15. The summed E-state index contributed by atoms with van der Waals surface area (Å²) in [5, 5.41) is 16.7. The second-order valence-electron chi connectivity index (χ2n) is 6.48. The summed E-state index contributed by atoms with van der Waals surface area (Å²) in [5.41, 5.74) is 7.25. The number of ether oxygens (including phenoxy) is 1. The Morgan fingerprint density at radius 1 is 1.50 bits per heavy atom. The van der Waals surface area contributed by atoms with Crippen LogP contribution in [0, 0.1) is 5.92 Å². The largest absolute Gasteiger partial charge is 0.489 e. The summed E-state index contributed by atoms with van der Waals surface area (Å²) in [5.74, 6) is 1.18. The van der Waals surface area contributed by atoms with E-state index in [0.29, 0.717) is 54.5 Å². The summed E-state index contributed by atoms with van der Waals surface area (Å²) in [4.78, 5) is 21.1. The van der Waals surface area contributed by atoms with E-state index in [-0.39, 0.29) is 16.9 Å². The number of hydrogen-bond donors (Lipinski definition) is 2. The molecule has 28 heavy (non-hydrogen) atoms. The van der Waals surface area contributed by atoms with Crippen LogP contribution in [0.4, 0.5) is 10.6 Å². The highest BCUT2D eigenvalue weighted by Crippen LogP contribution is 2.35. The third-order valence-corrected chi connectivity index (χ3v) is 5.04. The lowest BCUT2D eigenvalue weighted by atomic mass is 10.1. The van der Waals surface area contributed by atoms with Gasteiger partial charge in [0, 0.05) is 25.6 Å². The molecule has 1 fully saturated rings. The fraction of sp³-hybridized carbons (Fsp3) is 0.438. The minimum Gasteiger partial charge on any atom is -0.489 e. The minimum atomic E-state index is -0.912. The number of carboxylic acid groups (broad SMARTS) is 1. The first-order valence-electron chi connectivity index (χ1n) is 8.73. The molecule has 1 atom stereocenters. The Balaban J connectivity index is 1.68. The first kappa shape index (κ1) is 18.3. The van der Waals surface area contributed by atoms with Crippen LogP contribution >= 0.6 is 11.6 Å². The van der Waals surface area contributed by atoms with Crippen LogP contribution in [-0.2, 0) is 6.54 Å². The average molecular weight is 408 g/mol. The van der Waals surface area contributed by atoms with E-state index < -0.39 is 6.09 Å². The third-order valence-electron chi connectivity index (χ3n) is 4.76. The maximum atomic E-state index is 11.1. The molecular weight excluding hydrogens is 390 g/mol. The Hall–Kier alpha value is -3.08. The quantitative estimate of drug-likeness (QED) is 0.607. The third kappa shape index (κ3) is 3.07. The summed E-state index contributed by atoms with van der Waals surface area (Å²) in [7, 11) is 0. The first-order valence-corrected chi connectivity index (χ1v) is 9.11. The molecule has 3 aromatic rings. The van der Waals surface area contributed by atoms with Crippen molar-refractivity contribution in [3.05, 3.63) is 11.3 Å². The Morgan fingerprint density at radius 3 is 2.96 bits per heavy atom. The number of likely N-dealkylation sites (tertiary alicyclic amines) is 1. The number of nitrogen functional groups attached to an aromatic ring is 1. The van der Waals surface area contributed by atoms with Crippen LogP contribution in [0.1, 0.15) is 13.3 Å². The zero-order valence-electron chi connectivity index (χ0n) is 15.0. The highest BCUT2D eigenvalue weighted by Gasteiger charge is 2.27. The molecule has 1 saturated heterocycles. The normalized spacial score (nSPS) is 16.8. The van der Waals surface area contributed by atoms with Crippen molar-refractivity contribution in [3.63, 3.8) is 0 Å². The summed E-state index contributed by atoms with van der Waals surface area (Å²) in [6.45, 7) is 3.80. The van der Waals surface area contributed by atoms with Crippen LogP contribution in [0.15, 0.2) is 10.8 Å². The Bertz CT molecular complexity index is 1030. The van der Waals surface area contributed by atoms with Crippen molar-refractivity contribution in [1.82, 2.24) is 29.7 Å². The molecule has 4 heterocycles. The molecule has 11 nitrogen and oxygen atoms in total. The molecule has 148 valence electrons. The highest BCUT2D eigenvalue weighted by atomic mass is 35.5. The van der Waals surface area contributed by atoms with Gasteiger partial charge in [-0.1, -0.05) is 11.6 Å². The molecule has 1 aliphatic heterocycles. The zero-order valence-corrected chi connectivity index (χ0v) is 15.8. The molecule has 0 aromatic carbocycles. The van der Waals surface area contributed by atoms with Crippen molar-refractivity contribution < 1.29 is 19.3 Å². The van der Waals surface area contributed by atoms with Crippen molar-refractivity contribution in [2.24, 2.45) is 5.92 Å². The minimum absolute atomic E-state index is 0.106. The van der Waals surface area contributed by atoms with Crippen LogP contribution in [0.2, 0.25) is 5.15 Å². The van der Waals surface area contributed by atoms with Gasteiger partial charge in [-0.25, -0.2) is 19.4 Å². The number of rotatable bonds is 5. The average Bonchev–Trinajstić information content (AvgIpc) is 3.38. The summed E-state index contributed by atoms with van der Waals surface area (Å²) in [6.07, 6.45) is 1.37. The van der Waals surface area contributed by atoms with Gasteiger partial charge in [0.15, 0.2) is 28.2 Å². The number of halogens is 1. The van der Waals surface area contributed by atoms with Crippen LogP contribution in [0.3, 0.4) is 0 Å². The standard InChI is InChI=1S/C16H18ClN7O4/c1-2-24-12-9(27-7-8-3-4-23(6-8)16(25)26)5-19-13(17)10(12)20-15(24)11-14(18)22-28-21-11/h5,8H,2-4,6-7H2,1H3,(H2,18,22)(H,25,26). The number of nitrogens with zero attached hydrogens (tertiary/aromatic N) is 6. The summed E-state index contributed by atoms with van der Waals surface area (Å²) in [6, 6.07) is 0. The smallest absolute Gasteiger partial charge is 0.407 e. The van der Waals surface area contributed by atoms with E-state index in [4.69, 9.17) is 27.2 Å². The predicted octanol–water partition coefficient (Wildman–Crippen LogP) is 2.12. The molecule has 0 spiro atoms. The lowest BCUT2D eigenvalue weighted by Gasteiger charge is -2.14. The number of carbonyl (C=O) groups is 1. The van der Waals surface area contributed by atoms with Gasteiger partial charge in [0.1, 0.15) is 11.0 Å². The monoisotopic (exact) mass is 407 g/mol. The summed E-state index contributed by atoms with van der Waals surface area (Å²) < 4.78 is 12.5. The van der Waals surface area contributed by atoms with Gasteiger partial charge in [0.05, 0.1) is 12.8 Å². The number of imidazole rings is 1. The number of hydrogen-bond acceptors (Lipinski definition) is 8. The molecule has 3 aromatic heterocycles. The molecule has 0 saturated carbocycles. The molecule has 4 rings (SSSR count). The van der Waals surface area contributed by atoms with E-state index in [1.807, 2.05) is 11.5 Å². The Kier molecular flexibility index (Phi) is 4.67. The van der Waals surface area contributed by atoms with Crippen molar-refractivity contribution in [2.45, 2.75) is 19.9 Å². The van der Waals surface area contributed by atoms with E-state index in [2.05, 4.69) is 24.9 Å².